The van der Waals surface area contributed by atoms with Crippen LogP contribution < -0.4 is 4.74 Å². The van der Waals surface area contributed by atoms with Gasteiger partial charge in [-0.2, -0.15) is 5.10 Å². The Morgan fingerprint density at radius 1 is 1.33 bits per heavy atom. The van der Waals surface area contributed by atoms with E-state index in [0.29, 0.717) is 12.4 Å². The van der Waals surface area contributed by atoms with Crippen LogP contribution in [0, 0.1) is 10.1 Å². The number of ether oxygens (including phenoxy) is 1. The maximum atomic E-state index is 10.5. The van der Waals surface area contributed by atoms with Gasteiger partial charge in [-0.25, -0.2) is 4.98 Å². The van der Waals surface area contributed by atoms with Crippen molar-refractivity contribution in [2.45, 2.75) is 12.8 Å². The number of aromatic amines is 1. The van der Waals surface area contributed by atoms with Gasteiger partial charge >= 0.3 is 0 Å². The Bertz CT molecular complexity index is 496. The zero-order valence-corrected chi connectivity index (χ0v) is 9.57. The number of nitrogens with zero attached hydrogens (tertiary/aromatic N) is 3. The summed E-state index contributed by atoms with van der Waals surface area (Å²) in [5.41, 5.74) is 0.0593. The SMILES string of the molecule is O=[N+]([O-])c1ccc(OCCCc2ncn[nH]2)cc1. The summed E-state index contributed by atoms with van der Waals surface area (Å²) < 4.78 is 5.45. The van der Waals surface area contributed by atoms with Crippen LogP contribution in [0.3, 0.4) is 0 Å². The summed E-state index contributed by atoms with van der Waals surface area (Å²) >= 11 is 0. The molecule has 2 aromatic rings. The van der Waals surface area contributed by atoms with Crippen molar-refractivity contribution in [2.75, 3.05) is 6.61 Å². The smallest absolute Gasteiger partial charge is 0.269 e. The molecule has 1 aromatic heterocycles. The molecule has 1 N–H and O–H groups in total. The van der Waals surface area contributed by atoms with Crippen molar-refractivity contribution in [1.29, 1.82) is 0 Å². The second-order valence-corrected chi connectivity index (χ2v) is 3.64. The Labute approximate surface area is 103 Å². The molecular weight excluding hydrogens is 236 g/mol. The number of H-pyrrole nitrogens is 1. The lowest BCUT2D eigenvalue weighted by atomic mass is 10.3. The van der Waals surface area contributed by atoms with Crippen molar-refractivity contribution < 1.29 is 9.66 Å². The van der Waals surface area contributed by atoms with Crippen molar-refractivity contribution in [2.24, 2.45) is 0 Å². The van der Waals surface area contributed by atoms with Gasteiger partial charge in [-0.1, -0.05) is 0 Å². The van der Waals surface area contributed by atoms with Crippen molar-refractivity contribution in [3.63, 3.8) is 0 Å². The molecule has 0 fully saturated rings. The Morgan fingerprint density at radius 3 is 2.72 bits per heavy atom. The molecule has 1 heterocycles. The van der Waals surface area contributed by atoms with Gasteiger partial charge in [-0.15, -0.1) is 0 Å². The van der Waals surface area contributed by atoms with Crippen LogP contribution in [-0.2, 0) is 6.42 Å². The molecule has 7 heteroatoms. The number of benzene rings is 1. The van der Waals surface area contributed by atoms with Crippen LogP contribution in [0.25, 0.3) is 0 Å². The van der Waals surface area contributed by atoms with Gasteiger partial charge < -0.3 is 4.74 Å². The number of aryl methyl sites for hydroxylation is 1. The summed E-state index contributed by atoms with van der Waals surface area (Å²) in [5.74, 6) is 1.44. The highest BCUT2D eigenvalue weighted by Crippen LogP contribution is 2.17. The molecule has 0 aliphatic heterocycles. The van der Waals surface area contributed by atoms with Gasteiger partial charge in [0.25, 0.3) is 5.69 Å². The Morgan fingerprint density at radius 2 is 2.11 bits per heavy atom. The summed E-state index contributed by atoms with van der Waals surface area (Å²) in [4.78, 5) is 14.0. The largest absolute Gasteiger partial charge is 0.494 e. The fourth-order valence-corrected chi connectivity index (χ4v) is 1.44. The van der Waals surface area contributed by atoms with Crippen LogP contribution >= 0.6 is 0 Å². The summed E-state index contributed by atoms with van der Waals surface area (Å²) in [5, 5.41) is 17.0. The van der Waals surface area contributed by atoms with Gasteiger partial charge in [0, 0.05) is 18.6 Å². The van der Waals surface area contributed by atoms with Crippen LogP contribution in [0.4, 0.5) is 5.69 Å². The molecule has 0 unspecified atom stereocenters. The van der Waals surface area contributed by atoms with E-state index >= 15 is 0 Å². The van der Waals surface area contributed by atoms with Crippen LogP contribution in [0.5, 0.6) is 5.75 Å². The summed E-state index contributed by atoms with van der Waals surface area (Å²) in [7, 11) is 0. The Hall–Kier alpha value is -2.44. The molecule has 0 bridgehead atoms. The average Bonchev–Trinajstić information content (AvgIpc) is 2.88. The number of rotatable bonds is 6. The fourth-order valence-electron chi connectivity index (χ4n) is 1.44. The molecule has 94 valence electrons. The summed E-state index contributed by atoms with van der Waals surface area (Å²) in [6, 6.07) is 6.02. The molecule has 7 nitrogen and oxygen atoms in total. The second kappa shape index (κ2) is 5.76. The zero-order valence-electron chi connectivity index (χ0n) is 9.57. The number of nitro groups is 1. The molecule has 0 saturated carbocycles. The van der Waals surface area contributed by atoms with E-state index in [1.54, 1.807) is 12.1 Å². The Kier molecular flexibility index (Phi) is 3.85. The molecule has 1 aromatic carbocycles. The molecule has 0 aliphatic rings. The zero-order chi connectivity index (χ0) is 12.8. The van der Waals surface area contributed by atoms with E-state index in [9.17, 15) is 10.1 Å². The minimum Gasteiger partial charge on any atom is -0.494 e. The third-order valence-electron chi connectivity index (χ3n) is 2.34. The highest BCUT2D eigenvalue weighted by molar-refractivity contribution is 5.35. The first-order valence-electron chi connectivity index (χ1n) is 5.47. The van der Waals surface area contributed by atoms with Crippen LogP contribution in [0.2, 0.25) is 0 Å². The van der Waals surface area contributed by atoms with E-state index in [1.807, 2.05) is 0 Å². The summed E-state index contributed by atoms with van der Waals surface area (Å²) in [6.07, 6.45) is 3.02. The standard InChI is InChI=1S/C11H12N4O3/c16-15(17)9-3-5-10(6-4-9)18-7-1-2-11-12-8-13-14-11/h3-6,8H,1-2,7H2,(H,12,13,14). The molecule has 0 radical (unpaired) electrons. The number of aromatic nitrogens is 3. The first-order chi connectivity index (χ1) is 8.75. The van der Waals surface area contributed by atoms with E-state index in [-0.39, 0.29) is 5.69 Å². The van der Waals surface area contributed by atoms with Crippen LogP contribution in [0.15, 0.2) is 30.6 Å². The first-order valence-corrected chi connectivity index (χ1v) is 5.47. The molecule has 0 saturated heterocycles. The van der Waals surface area contributed by atoms with E-state index in [2.05, 4.69) is 15.2 Å². The van der Waals surface area contributed by atoms with Gasteiger partial charge in [-0.05, 0) is 18.6 Å². The topological polar surface area (TPSA) is 93.9 Å². The van der Waals surface area contributed by atoms with Crippen LogP contribution in [-0.4, -0.2) is 26.7 Å². The average molecular weight is 248 g/mol. The predicted molar refractivity (Wildman–Crippen MR) is 63.3 cm³/mol. The minimum atomic E-state index is -0.437. The molecule has 0 amide bonds. The molecule has 0 spiro atoms. The number of nitrogens with one attached hydrogen (secondary N) is 1. The highest BCUT2D eigenvalue weighted by Gasteiger charge is 2.04. The molecular formula is C11H12N4O3. The van der Waals surface area contributed by atoms with Crippen molar-refractivity contribution in [3.05, 3.63) is 46.5 Å². The second-order valence-electron chi connectivity index (χ2n) is 3.64. The number of hydrogen-bond acceptors (Lipinski definition) is 5. The number of non-ortho nitro benzene ring substituents is 1. The highest BCUT2D eigenvalue weighted by atomic mass is 16.6. The van der Waals surface area contributed by atoms with Gasteiger partial charge in [0.1, 0.15) is 17.9 Å². The van der Waals surface area contributed by atoms with E-state index in [0.717, 1.165) is 18.7 Å². The van der Waals surface area contributed by atoms with E-state index in [1.165, 1.54) is 18.5 Å². The lowest BCUT2D eigenvalue weighted by Gasteiger charge is -2.04. The van der Waals surface area contributed by atoms with Gasteiger partial charge in [-0.3, -0.25) is 15.2 Å². The molecule has 2 rings (SSSR count). The van der Waals surface area contributed by atoms with Gasteiger partial charge in [0.2, 0.25) is 0 Å². The quantitative estimate of drug-likeness (QED) is 0.477. The fraction of sp³-hybridized carbons (Fsp3) is 0.273. The van der Waals surface area contributed by atoms with Crippen molar-refractivity contribution in [1.82, 2.24) is 15.2 Å². The van der Waals surface area contributed by atoms with E-state index < -0.39 is 4.92 Å². The summed E-state index contributed by atoms with van der Waals surface area (Å²) in [6.45, 7) is 0.526. The maximum Gasteiger partial charge on any atom is 0.269 e. The number of hydrogen-bond donors (Lipinski definition) is 1. The normalized spacial score (nSPS) is 10.2. The predicted octanol–water partition coefficient (Wildman–Crippen LogP) is 1.72. The van der Waals surface area contributed by atoms with Gasteiger partial charge in [0.05, 0.1) is 11.5 Å². The first kappa shape index (κ1) is 12.0. The minimum absolute atomic E-state index is 0.0593. The van der Waals surface area contributed by atoms with Gasteiger partial charge in [0.15, 0.2) is 0 Å². The third-order valence-corrected chi connectivity index (χ3v) is 2.34. The van der Waals surface area contributed by atoms with E-state index in [4.69, 9.17) is 4.74 Å². The third kappa shape index (κ3) is 3.27. The molecule has 0 atom stereocenters. The monoisotopic (exact) mass is 248 g/mol. The number of nitro benzene ring substituents is 1. The molecule has 18 heavy (non-hydrogen) atoms. The van der Waals surface area contributed by atoms with Crippen LogP contribution in [0.1, 0.15) is 12.2 Å². The molecule has 0 aliphatic carbocycles. The lowest BCUT2D eigenvalue weighted by Crippen LogP contribution is -2.00. The Balaban J connectivity index is 1.75. The maximum absolute atomic E-state index is 10.5. The van der Waals surface area contributed by atoms with Crippen molar-refractivity contribution in [3.8, 4) is 5.75 Å². The van der Waals surface area contributed by atoms with Crippen molar-refractivity contribution >= 4 is 5.69 Å². The lowest BCUT2D eigenvalue weighted by molar-refractivity contribution is -0.384.